The summed E-state index contributed by atoms with van der Waals surface area (Å²) < 4.78 is 11.2. The number of esters is 1. The topological polar surface area (TPSA) is 77.0 Å². The molecule has 1 aliphatic rings. The summed E-state index contributed by atoms with van der Waals surface area (Å²) in [5, 5.41) is 3.29. The lowest BCUT2D eigenvalue weighted by atomic mass is 10.1. The number of nitrogens with zero attached hydrogens (tertiary/aromatic N) is 1. The molecule has 0 radical (unpaired) electrons. The molecule has 0 bridgehead atoms. The van der Waals surface area contributed by atoms with Crippen molar-refractivity contribution in [3.63, 3.8) is 0 Å². The minimum absolute atomic E-state index is 0.220. The fourth-order valence-corrected chi connectivity index (χ4v) is 3.79. The van der Waals surface area contributed by atoms with Gasteiger partial charge in [0.1, 0.15) is 0 Å². The number of rotatable bonds is 6. The van der Waals surface area contributed by atoms with E-state index in [0.29, 0.717) is 33.7 Å². The van der Waals surface area contributed by atoms with Gasteiger partial charge < -0.3 is 14.8 Å². The first-order chi connectivity index (χ1) is 15.6. The summed E-state index contributed by atoms with van der Waals surface area (Å²) >= 11 is 1.26. The molecule has 0 aliphatic carbocycles. The summed E-state index contributed by atoms with van der Waals surface area (Å²) in [7, 11) is 0. The number of nitrogens with one attached hydrogen (secondary N) is 1. The number of thioether (sulfide) groups is 1. The van der Waals surface area contributed by atoms with Crippen molar-refractivity contribution in [1.82, 2.24) is 5.32 Å². The predicted octanol–water partition coefficient (Wildman–Crippen LogP) is 5.20. The van der Waals surface area contributed by atoms with E-state index in [1.165, 1.54) is 11.8 Å². The number of benzene rings is 3. The lowest BCUT2D eigenvalue weighted by molar-refractivity contribution is -0.115. The molecule has 0 saturated carbocycles. The molecule has 0 unspecified atom stereocenters. The van der Waals surface area contributed by atoms with Crippen LogP contribution in [0.1, 0.15) is 22.8 Å². The summed E-state index contributed by atoms with van der Waals surface area (Å²) in [6.45, 7) is 2.25. The molecule has 6 nitrogen and oxygen atoms in total. The Balaban J connectivity index is 1.54. The lowest BCUT2D eigenvalue weighted by Crippen LogP contribution is -2.19. The van der Waals surface area contributed by atoms with Crippen molar-refractivity contribution in [2.75, 3.05) is 6.61 Å². The average Bonchev–Trinajstić information content (AvgIpc) is 3.15. The second kappa shape index (κ2) is 9.98. The van der Waals surface area contributed by atoms with Crippen LogP contribution < -0.4 is 14.8 Å². The second-order valence-corrected chi connectivity index (χ2v) is 7.74. The molecule has 7 heteroatoms. The van der Waals surface area contributed by atoms with Crippen molar-refractivity contribution < 1.29 is 19.1 Å². The van der Waals surface area contributed by atoms with Crippen LogP contribution >= 0.6 is 11.8 Å². The molecule has 1 fully saturated rings. The largest absolute Gasteiger partial charge is 0.490 e. The lowest BCUT2D eigenvalue weighted by Gasteiger charge is -2.11. The van der Waals surface area contributed by atoms with Crippen molar-refractivity contribution in [2.45, 2.75) is 6.92 Å². The molecular formula is C25H20N2O4S. The zero-order valence-electron chi connectivity index (χ0n) is 17.3. The van der Waals surface area contributed by atoms with Gasteiger partial charge >= 0.3 is 5.97 Å². The number of carbonyl (C=O) groups excluding carboxylic acids is 2. The highest BCUT2D eigenvalue weighted by atomic mass is 32.2. The van der Waals surface area contributed by atoms with E-state index in [1.807, 2.05) is 43.3 Å². The molecule has 1 amide bonds. The standard InChI is InChI=1S/C25H20N2O4S/c1-2-30-21-15-17(13-14-20(21)31-24(29)18-9-5-3-6-10-18)16-22-23(28)27-25(32-22)26-19-11-7-4-8-12-19/h3-16H,2H2,1H3,(H,26,27,28). The first kappa shape index (κ1) is 21.4. The number of amides is 1. The highest BCUT2D eigenvalue weighted by molar-refractivity contribution is 8.18. The zero-order valence-corrected chi connectivity index (χ0v) is 18.1. The van der Waals surface area contributed by atoms with Crippen LogP contribution in [0, 0.1) is 0 Å². The summed E-state index contributed by atoms with van der Waals surface area (Å²) in [6, 6.07) is 23.3. The van der Waals surface area contributed by atoms with Crippen molar-refractivity contribution >= 4 is 40.6 Å². The van der Waals surface area contributed by atoms with Gasteiger partial charge in [-0.2, -0.15) is 0 Å². The summed E-state index contributed by atoms with van der Waals surface area (Å²) in [6.07, 6.45) is 1.75. The van der Waals surface area contributed by atoms with E-state index in [0.717, 1.165) is 11.3 Å². The molecule has 32 heavy (non-hydrogen) atoms. The molecule has 1 aliphatic heterocycles. The van der Waals surface area contributed by atoms with E-state index >= 15 is 0 Å². The Bertz CT molecular complexity index is 1190. The maximum Gasteiger partial charge on any atom is 0.343 e. The summed E-state index contributed by atoms with van der Waals surface area (Å²) in [4.78, 5) is 29.7. The Morgan fingerprint density at radius 2 is 1.72 bits per heavy atom. The van der Waals surface area contributed by atoms with Gasteiger partial charge in [-0.25, -0.2) is 9.79 Å². The third kappa shape index (κ3) is 5.25. The van der Waals surface area contributed by atoms with E-state index in [2.05, 4.69) is 10.3 Å². The SMILES string of the molecule is CCOc1cc(C=C2SC(=Nc3ccccc3)NC2=O)ccc1OC(=O)c1ccccc1. The molecule has 1 N–H and O–H groups in total. The van der Waals surface area contributed by atoms with Crippen LogP contribution in [0.3, 0.4) is 0 Å². The third-order valence-corrected chi connectivity index (χ3v) is 5.33. The van der Waals surface area contributed by atoms with Gasteiger partial charge in [-0.15, -0.1) is 0 Å². The Morgan fingerprint density at radius 1 is 1.00 bits per heavy atom. The number of aliphatic imine (C=N–C) groups is 1. The molecule has 1 saturated heterocycles. The number of carbonyl (C=O) groups is 2. The van der Waals surface area contributed by atoms with Crippen LogP contribution in [0.5, 0.6) is 11.5 Å². The molecule has 160 valence electrons. The van der Waals surface area contributed by atoms with Crippen LogP contribution in [0.2, 0.25) is 0 Å². The van der Waals surface area contributed by atoms with Crippen molar-refractivity contribution in [2.24, 2.45) is 4.99 Å². The third-order valence-electron chi connectivity index (χ3n) is 4.42. The van der Waals surface area contributed by atoms with Gasteiger partial charge in [0.05, 0.1) is 22.8 Å². The molecule has 1 heterocycles. The number of amidine groups is 1. The Morgan fingerprint density at radius 3 is 2.44 bits per heavy atom. The van der Waals surface area contributed by atoms with Gasteiger partial charge in [0.25, 0.3) is 5.91 Å². The number of hydrogen-bond acceptors (Lipinski definition) is 6. The molecule has 3 aromatic carbocycles. The van der Waals surface area contributed by atoms with Crippen LogP contribution in [0.15, 0.2) is 88.8 Å². The van der Waals surface area contributed by atoms with Gasteiger partial charge in [-0.05, 0) is 66.7 Å². The van der Waals surface area contributed by atoms with Gasteiger partial charge in [-0.3, -0.25) is 4.79 Å². The first-order valence-electron chi connectivity index (χ1n) is 10.0. The molecule has 3 aromatic rings. The Kier molecular flexibility index (Phi) is 6.67. The minimum Gasteiger partial charge on any atom is -0.490 e. The van der Waals surface area contributed by atoms with Crippen molar-refractivity contribution in [3.05, 3.63) is 94.9 Å². The number of hydrogen-bond donors (Lipinski definition) is 1. The molecule has 0 atom stereocenters. The maximum atomic E-state index is 12.4. The van der Waals surface area contributed by atoms with Gasteiger partial charge in [0.15, 0.2) is 16.7 Å². The fraction of sp³-hybridized carbons (Fsp3) is 0.0800. The maximum absolute atomic E-state index is 12.4. The summed E-state index contributed by atoms with van der Waals surface area (Å²) in [5.74, 6) is 0.0535. The predicted molar refractivity (Wildman–Crippen MR) is 126 cm³/mol. The van der Waals surface area contributed by atoms with E-state index in [4.69, 9.17) is 9.47 Å². The first-order valence-corrected chi connectivity index (χ1v) is 10.8. The van der Waals surface area contributed by atoms with Crippen molar-refractivity contribution in [1.29, 1.82) is 0 Å². The average molecular weight is 445 g/mol. The van der Waals surface area contributed by atoms with Crippen LogP contribution in [-0.4, -0.2) is 23.7 Å². The second-order valence-electron chi connectivity index (χ2n) is 6.71. The normalized spacial score (nSPS) is 15.6. The molecule has 4 rings (SSSR count). The van der Waals surface area contributed by atoms with Gasteiger partial charge in [0, 0.05) is 0 Å². The highest BCUT2D eigenvalue weighted by Crippen LogP contribution is 2.33. The van der Waals surface area contributed by atoms with Crippen molar-refractivity contribution in [3.8, 4) is 11.5 Å². The molecular weight excluding hydrogens is 424 g/mol. The molecule has 0 spiro atoms. The smallest absolute Gasteiger partial charge is 0.343 e. The highest BCUT2D eigenvalue weighted by Gasteiger charge is 2.24. The monoisotopic (exact) mass is 444 g/mol. The quantitative estimate of drug-likeness (QED) is 0.321. The van der Waals surface area contributed by atoms with Crippen LogP contribution in [-0.2, 0) is 4.79 Å². The van der Waals surface area contributed by atoms with E-state index < -0.39 is 5.97 Å². The Labute approximate surface area is 190 Å². The number of para-hydroxylation sites is 1. The number of ether oxygens (including phenoxy) is 2. The zero-order chi connectivity index (χ0) is 22.3. The van der Waals surface area contributed by atoms with Gasteiger partial charge in [0.2, 0.25) is 0 Å². The van der Waals surface area contributed by atoms with E-state index in [9.17, 15) is 9.59 Å². The van der Waals surface area contributed by atoms with Crippen LogP contribution in [0.4, 0.5) is 5.69 Å². The minimum atomic E-state index is -0.467. The summed E-state index contributed by atoms with van der Waals surface area (Å²) in [5.41, 5.74) is 1.96. The van der Waals surface area contributed by atoms with Crippen LogP contribution in [0.25, 0.3) is 6.08 Å². The fourth-order valence-electron chi connectivity index (χ4n) is 2.95. The van der Waals surface area contributed by atoms with E-state index in [-0.39, 0.29) is 5.91 Å². The molecule has 0 aromatic heterocycles. The Hall–Kier alpha value is -3.84. The van der Waals surface area contributed by atoms with Gasteiger partial charge in [-0.1, -0.05) is 42.5 Å². The van der Waals surface area contributed by atoms with E-state index in [1.54, 1.807) is 48.5 Å².